The van der Waals surface area contributed by atoms with Gasteiger partial charge in [0.05, 0.1) is 11.4 Å². The van der Waals surface area contributed by atoms with Gasteiger partial charge >= 0.3 is 0 Å². The molecule has 1 heterocycles. The van der Waals surface area contributed by atoms with Crippen molar-refractivity contribution in [3.63, 3.8) is 0 Å². The van der Waals surface area contributed by atoms with E-state index in [1.807, 2.05) is 0 Å². The van der Waals surface area contributed by atoms with E-state index in [4.69, 9.17) is 4.74 Å². The molecule has 2 N–H and O–H groups in total. The molecular weight excluding hydrogens is 353 g/mol. The van der Waals surface area contributed by atoms with E-state index in [0.717, 1.165) is 6.07 Å². The maximum Gasteiger partial charge on any atom is 0.265 e. The lowest BCUT2D eigenvalue weighted by Gasteiger charge is -2.29. The Labute approximate surface area is 155 Å². The van der Waals surface area contributed by atoms with Crippen LogP contribution in [0.15, 0.2) is 42.5 Å². The summed E-state index contributed by atoms with van der Waals surface area (Å²) in [7, 11) is 0. The van der Waals surface area contributed by atoms with Crippen molar-refractivity contribution in [3.8, 4) is 5.75 Å². The fraction of sp³-hybridized carbons (Fsp3) is 0.211. The molecule has 1 aliphatic rings. The molecule has 8 heteroatoms. The highest BCUT2D eigenvalue weighted by Crippen LogP contribution is 2.31. The van der Waals surface area contributed by atoms with Crippen LogP contribution in [0.25, 0.3) is 0 Å². The van der Waals surface area contributed by atoms with Crippen molar-refractivity contribution >= 4 is 34.8 Å². The van der Waals surface area contributed by atoms with Crippen molar-refractivity contribution in [1.29, 1.82) is 0 Å². The minimum Gasteiger partial charge on any atom is -0.482 e. The smallest absolute Gasteiger partial charge is 0.265 e. The zero-order valence-corrected chi connectivity index (χ0v) is 14.6. The molecule has 0 aromatic heterocycles. The fourth-order valence-corrected chi connectivity index (χ4v) is 2.73. The molecule has 3 rings (SSSR count). The summed E-state index contributed by atoms with van der Waals surface area (Å²) < 4.78 is 19.3. The Balaban J connectivity index is 1.65. The van der Waals surface area contributed by atoms with E-state index in [1.54, 1.807) is 24.3 Å². The highest BCUT2D eigenvalue weighted by molar-refractivity contribution is 5.99. The quantitative estimate of drug-likeness (QED) is 0.846. The summed E-state index contributed by atoms with van der Waals surface area (Å²) in [5, 5.41) is 4.99. The predicted molar refractivity (Wildman–Crippen MR) is 98.2 cm³/mol. The molecule has 0 atom stereocenters. The van der Waals surface area contributed by atoms with Crippen molar-refractivity contribution in [2.75, 3.05) is 28.7 Å². The van der Waals surface area contributed by atoms with Gasteiger partial charge in [-0.3, -0.25) is 14.4 Å². The molecule has 7 nitrogen and oxygen atoms in total. The number of carbonyl (C=O) groups excluding carboxylic acids is 3. The number of halogens is 1. The molecule has 2 aromatic carbocycles. The molecule has 0 saturated heterocycles. The second-order valence-electron chi connectivity index (χ2n) is 5.98. The summed E-state index contributed by atoms with van der Waals surface area (Å²) in [5.41, 5.74) is 0.928. The van der Waals surface area contributed by atoms with E-state index >= 15 is 0 Å². The van der Waals surface area contributed by atoms with Crippen molar-refractivity contribution < 1.29 is 23.5 Å². The summed E-state index contributed by atoms with van der Waals surface area (Å²) in [5.74, 6) is -1.05. The topological polar surface area (TPSA) is 87.7 Å². The highest BCUT2D eigenvalue weighted by Gasteiger charge is 2.25. The lowest BCUT2D eigenvalue weighted by Crippen LogP contribution is -2.40. The standard InChI is InChI=1S/C19H18FN3O4/c1-12(24)21-13-6-7-14(20)15(10-13)22-18(25)8-9-23-16-4-2-3-5-17(16)27-11-19(23)26/h2-7,10H,8-9,11H2,1H3,(H,21,24)(H,22,25). The van der Waals surface area contributed by atoms with Crippen LogP contribution in [0.1, 0.15) is 13.3 Å². The third-order valence-corrected chi connectivity index (χ3v) is 3.93. The zero-order valence-electron chi connectivity index (χ0n) is 14.6. The van der Waals surface area contributed by atoms with Gasteiger partial charge in [0.2, 0.25) is 11.8 Å². The van der Waals surface area contributed by atoms with Crippen molar-refractivity contribution in [3.05, 3.63) is 48.3 Å². The van der Waals surface area contributed by atoms with Gasteiger partial charge in [-0.15, -0.1) is 0 Å². The maximum absolute atomic E-state index is 13.9. The molecular formula is C19H18FN3O4. The molecule has 0 unspecified atom stereocenters. The first-order valence-electron chi connectivity index (χ1n) is 8.33. The molecule has 0 radical (unpaired) electrons. The first-order chi connectivity index (χ1) is 12.9. The Morgan fingerprint density at radius 2 is 1.96 bits per heavy atom. The summed E-state index contributed by atoms with van der Waals surface area (Å²) in [6, 6.07) is 10.9. The molecule has 2 aromatic rings. The largest absolute Gasteiger partial charge is 0.482 e. The molecule has 0 bridgehead atoms. The predicted octanol–water partition coefficient (Wildman–Crippen LogP) is 2.54. The zero-order chi connectivity index (χ0) is 19.4. The van der Waals surface area contributed by atoms with Crippen LogP contribution in [-0.2, 0) is 14.4 Å². The van der Waals surface area contributed by atoms with E-state index in [0.29, 0.717) is 17.1 Å². The van der Waals surface area contributed by atoms with Crippen LogP contribution in [0.3, 0.4) is 0 Å². The second kappa shape index (κ2) is 7.86. The van der Waals surface area contributed by atoms with Crippen molar-refractivity contribution in [1.82, 2.24) is 0 Å². The Kier molecular flexibility index (Phi) is 5.35. The van der Waals surface area contributed by atoms with Gasteiger partial charge in [-0.1, -0.05) is 12.1 Å². The lowest BCUT2D eigenvalue weighted by atomic mass is 10.2. The van der Waals surface area contributed by atoms with E-state index in [2.05, 4.69) is 10.6 Å². The Bertz CT molecular complexity index is 900. The van der Waals surface area contributed by atoms with E-state index in [1.165, 1.54) is 24.0 Å². The summed E-state index contributed by atoms with van der Waals surface area (Å²) >= 11 is 0. The maximum atomic E-state index is 13.9. The van der Waals surface area contributed by atoms with Crippen molar-refractivity contribution in [2.24, 2.45) is 0 Å². The van der Waals surface area contributed by atoms with Crippen LogP contribution in [0.2, 0.25) is 0 Å². The Morgan fingerprint density at radius 3 is 2.74 bits per heavy atom. The number of benzene rings is 2. The third-order valence-electron chi connectivity index (χ3n) is 3.93. The van der Waals surface area contributed by atoms with Gasteiger partial charge < -0.3 is 20.3 Å². The molecule has 3 amide bonds. The fourth-order valence-electron chi connectivity index (χ4n) is 2.73. The van der Waals surface area contributed by atoms with Gasteiger partial charge in [0.15, 0.2) is 6.61 Å². The molecule has 0 saturated carbocycles. The third kappa shape index (κ3) is 4.41. The van der Waals surface area contributed by atoms with Gasteiger partial charge in [-0.05, 0) is 30.3 Å². The van der Waals surface area contributed by atoms with Gasteiger partial charge in [0.25, 0.3) is 5.91 Å². The number of hydrogen-bond acceptors (Lipinski definition) is 4. The number of hydrogen-bond donors (Lipinski definition) is 2. The van der Waals surface area contributed by atoms with Crippen LogP contribution < -0.4 is 20.3 Å². The van der Waals surface area contributed by atoms with Gasteiger partial charge in [-0.2, -0.15) is 0 Å². The molecule has 0 fully saturated rings. The summed E-state index contributed by atoms with van der Waals surface area (Å²) in [4.78, 5) is 36.9. The van der Waals surface area contributed by atoms with Gasteiger partial charge in [-0.25, -0.2) is 4.39 Å². The first-order valence-corrected chi connectivity index (χ1v) is 8.33. The normalized spacial score (nSPS) is 12.8. The molecule has 1 aliphatic heterocycles. The molecule has 27 heavy (non-hydrogen) atoms. The van der Waals surface area contributed by atoms with E-state index in [9.17, 15) is 18.8 Å². The molecule has 0 aliphatic carbocycles. The molecule has 0 spiro atoms. The Hall–Kier alpha value is -3.42. The first kappa shape index (κ1) is 18.4. The van der Waals surface area contributed by atoms with Gasteiger partial charge in [0.1, 0.15) is 11.6 Å². The summed E-state index contributed by atoms with van der Waals surface area (Å²) in [6.07, 6.45) is -0.0239. The number of nitrogens with zero attached hydrogens (tertiary/aromatic N) is 1. The lowest BCUT2D eigenvalue weighted by molar-refractivity contribution is -0.121. The number of amides is 3. The summed E-state index contributed by atoms with van der Waals surface area (Å²) in [6.45, 7) is 1.38. The minimum absolute atomic E-state index is 0.0239. The number of carbonyl (C=O) groups is 3. The van der Waals surface area contributed by atoms with Crippen LogP contribution in [0.5, 0.6) is 5.75 Å². The number of nitrogens with one attached hydrogen (secondary N) is 2. The van der Waals surface area contributed by atoms with E-state index < -0.39 is 11.7 Å². The van der Waals surface area contributed by atoms with Crippen molar-refractivity contribution in [2.45, 2.75) is 13.3 Å². The van der Waals surface area contributed by atoms with Gasteiger partial charge in [0, 0.05) is 25.6 Å². The number of rotatable bonds is 5. The number of fused-ring (bicyclic) bond motifs is 1. The second-order valence-corrected chi connectivity index (χ2v) is 5.98. The minimum atomic E-state index is -0.620. The average molecular weight is 371 g/mol. The monoisotopic (exact) mass is 371 g/mol. The van der Waals surface area contributed by atoms with Crippen LogP contribution in [0, 0.1) is 5.82 Å². The van der Waals surface area contributed by atoms with Crippen LogP contribution >= 0.6 is 0 Å². The number of ether oxygens (including phenoxy) is 1. The van der Waals surface area contributed by atoms with Crippen LogP contribution in [0.4, 0.5) is 21.5 Å². The Morgan fingerprint density at radius 1 is 1.19 bits per heavy atom. The average Bonchev–Trinajstić information content (AvgIpc) is 2.63. The molecule has 140 valence electrons. The highest BCUT2D eigenvalue weighted by atomic mass is 19.1. The SMILES string of the molecule is CC(=O)Nc1ccc(F)c(NC(=O)CCN2C(=O)COc3ccccc32)c1. The number of para-hydroxylation sites is 2. The van der Waals surface area contributed by atoms with Crippen LogP contribution in [-0.4, -0.2) is 30.9 Å². The number of anilines is 3. The van der Waals surface area contributed by atoms with E-state index in [-0.39, 0.29) is 37.1 Å².